The molecule has 0 spiro atoms. The Hall–Kier alpha value is -1.68. The molecule has 1 aromatic rings. The summed E-state index contributed by atoms with van der Waals surface area (Å²) in [5.41, 5.74) is 0.928. The molecule has 0 radical (unpaired) electrons. The van der Waals surface area contributed by atoms with Gasteiger partial charge in [0.15, 0.2) is 0 Å². The van der Waals surface area contributed by atoms with Gasteiger partial charge in [0.2, 0.25) is 0 Å². The molecular formula is C13H17NO7S. The van der Waals surface area contributed by atoms with Gasteiger partial charge in [0.05, 0.1) is 13.0 Å². The van der Waals surface area contributed by atoms with Crippen molar-refractivity contribution in [3.63, 3.8) is 0 Å². The van der Waals surface area contributed by atoms with Crippen LogP contribution in [0.15, 0.2) is 24.3 Å². The SMILES string of the molecule is COc1ccc(CN2C[C@H](OS(=O)(=O)O)[C@@H](C(=O)O)C2)cc1. The molecule has 0 aliphatic carbocycles. The molecule has 2 N–H and O–H groups in total. The van der Waals surface area contributed by atoms with Gasteiger partial charge in [-0.15, -0.1) is 0 Å². The van der Waals surface area contributed by atoms with Crippen LogP contribution in [0.3, 0.4) is 0 Å². The van der Waals surface area contributed by atoms with Crippen molar-refractivity contribution in [2.45, 2.75) is 12.6 Å². The molecule has 0 saturated carbocycles. The lowest BCUT2D eigenvalue weighted by Crippen LogP contribution is -2.31. The van der Waals surface area contributed by atoms with Crippen molar-refractivity contribution in [1.82, 2.24) is 4.90 Å². The second-order valence-corrected chi connectivity index (χ2v) is 6.10. The number of ether oxygens (including phenoxy) is 1. The molecule has 1 aliphatic heterocycles. The van der Waals surface area contributed by atoms with Gasteiger partial charge in [0, 0.05) is 19.6 Å². The van der Waals surface area contributed by atoms with Crippen LogP contribution in [0, 0.1) is 5.92 Å². The average molecular weight is 331 g/mol. The van der Waals surface area contributed by atoms with Gasteiger partial charge in [-0.2, -0.15) is 8.42 Å². The van der Waals surface area contributed by atoms with Gasteiger partial charge in [-0.25, -0.2) is 4.18 Å². The topological polar surface area (TPSA) is 113 Å². The molecule has 1 heterocycles. The van der Waals surface area contributed by atoms with Crippen LogP contribution >= 0.6 is 0 Å². The minimum Gasteiger partial charge on any atom is -0.497 e. The molecule has 122 valence electrons. The summed E-state index contributed by atoms with van der Waals surface area (Å²) in [5.74, 6) is -1.47. The highest BCUT2D eigenvalue weighted by atomic mass is 32.3. The largest absolute Gasteiger partial charge is 0.497 e. The molecule has 1 aliphatic rings. The first-order chi connectivity index (χ1) is 10.3. The van der Waals surface area contributed by atoms with E-state index in [1.54, 1.807) is 24.1 Å². The number of hydrogen-bond acceptors (Lipinski definition) is 6. The molecule has 1 saturated heterocycles. The van der Waals surface area contributed by atoms with Crippen molar-refractivity contribution in [2.24, 2.45) is 5.92 Å². The zero-order chi connectivity index (χ0) is 16.3. The van der Waals surface area contributed by atoms with E-state index < -0.39 is 28.4 Å². The van der Waals surface area contributed by atoms with Gasteiger partial charge in [-0.05, 0) is 17.7 Å². The second-order valence-electron chi connectivity index (χ2n) is 5.05. The van der Waals surface area contributed by atoms with E-state index in [9.17, 15) is 13.2 Å². The molecular weight excluding hydrogens is 314 g/mol. The van der Waals surface area contributed by atoms with E-state index in [2.05, 4.69) is 4.18 Å². The number of nitrogens with zero attached hydrogens (tertiary/aromatic N) is 1. The molecule has 8 nitrogen and oxygen atoms in total. The molecule has 9 heteroatoms. The van der Waals surface area contributed by atoms with E-state index in [0.29, 0.717) is 12.3 Å². The number of hydrogen-bond donors (Lipinski definition) is 2. The van der Waals surface area contributed by atoms with Crippen LogP contribution in [0.1, 0.15) is 5.56 Å². The highest BCUT2D eigenvalue weighted by Crippen LogP contribution is 2.24. The fraction of sp³-hybridized carbons (Fsp3) is 0.462. The van der Waals surface area contributed by atoms with Crippen LogP contribution in [0.4, 0.5) is 0 Å². The lowest BCUT2D eigenvalue weighted by atomic mass is 10.1. The lowest BCUT2D eigenvalue weighted by molar-refractivity contribution is -0.143. The summed E-state index contributed by atoms with van der Waals surface area (Å²) in [4.78, 5) is 12.9. The summed E-state index contributed by atoms with van der Waals surface area (Å²) in [6, 6.07) is 7.25. The Kier molecular flexibility index (Phi) is 5.01. The van der Waals surface area contributed by atoms with Crippen LogP contribution in [-0.2, 0) is 25.9 Å². The highest BCUT2D eigenvalue weighted by Gasteiger charge is 2.40. The van der Waals surface area contributed by atoms with E-state index in [-0.39, 0.29) is 13.1 Å². The van der Waals surface area contributed by atoms with Crippen LogP contribution in [0.5, 0.6) is 5.75 Å². The number of rotatable bonds is 6. The Labute approximate surface area is 128 Å². The monoisotopic (exact) mass is 331 g/mol. The van der Waals surface area contributed by atoms with E-state index >= 15 is 0 Å². The summed E-state index contributed by atoms with van der Waals surface area (Å²) in [6.45, 7) is 0.684. The Morgan fingerprint density at radius 3 is 2.45 bits per heavy atom. The fourth-order valence-electron chi connectivity index (χ4n) is 2.46. The first-order valence-corrected chi connectivity index (χ1v) is 7.89. The number of carboxylic acid groups (broad SMARTS) is 1. The maximum absolute atomic E-state index is 11.2. The van der Waals surface area contributed by atoms with E-state index in [1.807, 2.05) is 12.1 Å². The standard InChI is InChI=1S/C13H17NO7S/c1-20-10-4-2-9(3-5-10)6-14-7-11(13(15)16)12(8-14)21-22(17,18)19/h2-5,11-12H,6-8H2,1H3,(H,15,16)(H,17,18,19)/t11-,12-/m0/s1. The summed E-state index contributed by atoms with van der Waals surface area (Å²) < 4.78 is 39.8. The zero-order valence-electron chi connectivity index (χ0n) is 11.9. The van der Waals surface area contributed by atoms with Crippen molar-refractivity contribution in [1.29, 1.82) is 0 Å². The van der Waals surface area contributed by atoms with Crippen LogP contribution in [0.25, 0.3) is 0 Å². The van der Waals surface area contributed by atoms with E-state index in [1.165, 1.54) is 0 Å². The molecule has 0 aromatic heterocycles. The zero-order valence-corrected chi connectivity index (χ0v) is 12.7. The molecule has 1 aromatic carbocycles. The Bertz CT molecular complexity index is 628. The number of carboxylic acids is 1. The predicted molar refractivity (Wildman–Crippen MR) is 75.8 cm³/mol. The van der Waals surface area contributed by atoms with Crippen LogP contribution < -0.4 is 4.74 Å². The number of methoxy groups -OCH3 is 1. The first kappa shape index (κ1) is 16.7. The Morgan fingerprint density at radius 2 is 1.95 bits per heavy atom. The van der Waals surface area contributed by atoms with Crippen molar-refractivity contribution >= 4 is 16.4 Å². The minimum absolute atomic E-state index is 0.1000. The first-order valence-electron chi connectivity index (χ1n) is 6.52. The van der Waals surface area contributed by atoms with Crippen LogP contribution in [0.2, 0.25) is 0 Å². The van der Waals surface area contributed by atoms with Crippen molar-refractivity contribution in [3.05, 3.63) is 29.8 Å². The van der Waals surface area contributed by atoms with Gasteiger partial charge < -0.3 is 9.84 Å². The molecule has 0 amide bonds. The summed E-state index contributed by atoms with van der Waals surface area (Å²) in [6.07, 6.45) is -1.11. The number of aliphatic carboxylic acids is 1. The predicted octanol–water partition coefficient (Wildman–Crippen LogP) is 0.400. The molecule has 22 heavy (non-hydrogen) atoms. The second kappa shape index (κ2) is 6.61. The molecule has 2 atom stereocenters. The maximum atomic E-state index is 11.2. The molecule has 2 rings (SSSR count). The maximum Gasteiger partial charge on any atom is 0.397 e. The summed E-state index contributed by atoms with van der Waals surface area (Å²) in [5, 5.41) is 9.13. The van der Waals surface area contributed by atoms with E-state index in [0.717, 1.165) is 5.56 Å². The number of carbonyl (C=O) groups is 1. The Morgan fingerprint density at radius 1 is 1.32 bits per heavy atom. The normalized spacial score (nSPS) is 22.6. The van der Waals surface area contributed by atoms with Crippen LogP contribution in [-0.4, -0.2) is 55.2 Å². The average Bonchev–Trinajstić information content (AvgIpc) is 2.80. The molecule has 0 unspecified atom stereocenters. The van der Waals surface area contributed by atoms with Crippen molar-refractivity contribution in [3.8, 4) is 5.75 Å². The summed E-state index contributed by atoms with van der Waals surface area (Å²) in [7, 11) is -3.13. The fourth-order valence-corrected chi connectivity index (χ4v) is 2.97. The van der Waals surface area contributed by atoms with Crippen molar-refractivity contribution < 1.29 is 31.8 Å². The van der Waals surface area contributed by atoms with Gasteiger partial charge >= 0.3 is 16.4 Å². The van der Waals surface area contributed by atoms with Gasteiger partial charge in [0.1, 0.15) is 11.9 Å². The molecule has 0 bridgehead atoms. The quantitative estimate of drug-likeness (QED) is 0.720. The number of benzene rings is 1. The molecule has 1 fully saturated rings. The third-order valence-corrected chi connectivity index (χ3v) is 3.96. The summed E-state index contributed by atoms with van der Waals surface area (Å²) >= 11 is 0. The minimum atomic E-state index is -4.69. The highest BCUT2D eigenvalue weighted by molar-refractivity contribution is 7.80. The third-order valence-electron chi connectivity index (χ3n) is 3.47. The number of likely N-dealkylation sites (tertiary alicyclic amines) is 1. The van der Waals surface area contributed by atoms with Gasteiger partial charge in [-0.3, -0.25) is 14.2 Å². The van der Waals surface area contributed by atoms with Gasteiger partial charge in [0.25, 0.3) is 0 Å². The third kappa shape index (κ3) is 4.41. The van der Waals surface area contributed by atoms with E-state index in [4.69, 9.17) is 14.4 Å². The van der Waals surface area contributed by atoms with Crippen molar-refractivity contribution in [2.75, 3.05) is 20.2 Å². The Balaban J connectivity index is 2.04. The smallest absolute Gasteiger partial charge is 0.397 e. The van der Waals surface area contributed by atoms with Gasteiger partial charge in [-0.1, -0.05) is 12.1 Å². The lowest BCUT2D eigenvalue weighted by Gasteiger charge is -2.15.